The summed E-state index contributed by atoms with van der Waals surface area (Å²) in [5.74, 6) is 0. The van der Waals surface area contributed by atoms with E-state index < -0.39 is 0 Å². The van der Waals surface area contributed by atoms with Crippen LogP contribution in [0.25, 0.3) is 43.1 Å². The van der Waals surface area contributed by atoms with E-state index in [2.05, 4.69) is 133 Å². The summed E-state index contributed by atoms with van der Waals surface area (Å²) < 4.78 is 0. The van der Waals surface area contributed by atoms with E-state index in [0.29, 0.717) is 0 Å². The fourth-order valence-electron chi connectivity index (χ4n) is 5.13. The molecular weight excluding hydrogens is 460 g/mol. The van der Waals surface area contributed by atoms with Gasteiger partial charge in [0.05, 0.1) is 11.4 Å². The Morgan fingerprint density at radius 1 is 0.342 bits per heavy atom. The topological polar surface area (TPSA) is 24.7 Å². The number of hydrogen-bond donors (Lipinski definition) is 0. The second-order valence-electron chi connectivity index (χ2n) is 9.58. The molecule has 0 radical (unpaired) electrons. The molecule has 0 unspecified atom stereocenters. The first-order chi connectivity index (χ1) is 18.8. The van der Waals surface area contributed by atoms with Gasteiger partial charge in [-0.2, -0.15) is 0 Å². The van der Waals surface area contributed by atoms with E-state index in [-0.39, 0.29) is 0 Å². The zero-order valence-corrected chi connectivity index (χ0v) is 20.8. The molecular formula is C36H24N2. The zero-order valence-electron chi connectivity index (χ0n) is 20.8. The maximum atomic E-state index is 4.87. The van der Waals surface area contributed by atoms with Crippen molar-refractivity contribution in [3.05, 3.63) is 145 Å². The van der Waals surface area contributed by atoms with Gasteiger partial charge in [-0.1, -0.05) is 91.0 Å². The predicted molar refractivity (Wildman–Crippen MR) is 164 cm³/mol. The van der Waals surface area contributed by atoms with Crippen molar-refractivity contribution in [2.24, 2.45) is 9.98 Å². The van der Waals surface area contributed by atoms with Gasteiger partial charge in [0, 0.05) is 23.2 Å². The Hall–Kier alpha value is -5.08. The highest BCUT2D eigenvalue weighted by Gasteiger charge is 2.04. The molecule has 0 saturated carbocycles. The van der Waals surface area contributed by atoms with E-state index >= 15 is 0 Å². The van der Waals surface area contributed by atoms with Gasteiger partial charge in [-0.3, -0.25) is 9.98 Å². The fourth-order valence-corrected chi connectivity index (χ4v) is 5.13. The third-order valence-corrected chi connectivity index (χ3v) is 7.06. The molecule has 178 valence electrons. The minimum atomic E-state index is 0.968. The van der Waals surface area contributed by atoms with Gasteiger partial charge in [0.25, 0.3) is 0 Å². The molecule has 0 saturated heterocycles. The third-order valence-electron chi connectivity index (χ3n) is 7.06. The first-order valence-electron chi connectivity index (χ1n) is 12.8. The van der Waals surface area contributed by atoms with Crippen molar-refractivity contribution in [2.75, 3.05) is 0 Å². The van der Waals surface area contributed by atoms with E-state index in [1.807, 2.05) is 12.4 Å². The Bertz CT molecular complexity index is 1890. The summed E-state index contributed by atoms with van der Waals surface area (Å²) in [6, 6.07) is 46.7. The van der Waals surface area contributed by atoms with Crippen LogP contribution in [0.15, 0.2) is 143 Å². The number of rotatable bonds is 4. The first kappa shape index (κ1) is 22.1. The molecule has 7 aromatic carbocycles. The molecule has 0 aromatic heterocycles. The molecule has 0 bridgehead atoms. The highest BCUT2D eigenvalue weighted by atomic mass is 14.7. The highest BCUT2D eigenvalue weighted by molar-refractivity contribution is 6.05. The zero-order chi connectivity index (χ0) is 25.3. The predicted octanol–water partition coefficient (Wildman–Crippen LogP) is 9.80. The van der Waals surface area contributed by atoms with Crippen LogP contribution in [0.2, 0.25) is 0 Å². The Morgan fingerprint density at radius 3 is 1.21 bits per heavy atom. The monoisotopic (exact) mass is 484 g/mol. The van der Waals surface area contributed by atoms with Gasteiger partial charge in [-0.15, -0.1) is 0 Å². The molecule has 7 rings (SSSR count). The van der Waals surface area contributed by atoms with Gasteiger partial charge in [0.15, 0.2) is 0 Å². The van der Waals surface area contributed by atoms with Crippen molar-refractivity contribution < 1.29 is 0 Å². The quantitative estimate of drug-likeness (QED) is 0.175. The maximum absolute atomic E-state index is 4.87. The lowest BCUT2D eigenvalue weighted by molar-refractivity contribution is 1.54. The van der Waals surface area contributed by atoms with E-state index in [1.54, 1.807) is 0 Å². The molecule has 0 fully saturated rings. The SMILES string of the molecule is C(=Nc1cccc2cc3ccccc3cc12)c1cccc(C=Nc2cccc3cc4ccccc4cc23)c1. The van der Waals surface area contributed by atoms with Crippen LogP contribution in [0.3, 0.4) is 0 Å². The average molecular weight is 485 g/mol. The van der Waals surface area contributed by atoms with Crippen LogP contribution < -0.4 is 0 Å². The Kier molecular flexibility index (Phi) is 5.49. The van der Waals surface area contributed by atoms with Crippen LogP contribution in [-0.2, 0) is 0 Å². The molecule has 0 N–H and O–H groups in total. The summed E-state index contributed by atoms with van der Waals surface area (Å²) in [5.41, 5.74) is 4.01. The molecule has 7 aromatic rings. The second kappa shape index (κ2) is 9.42. The summed E-state index contributed by atoms with van der Waals surface area (Å²) in [6.07, 6.45) is 3.87. The number of hydrogen-bond acceptors (Lipinski definition) is 2. The van der Waals surface area contributed by atoms with Crippen LogP contribution >= 0.6 is 0 Å². The first-order valence-corrected chi connectivity index (χ1v) is 12.8. The largest absolute Gasteiger partial charge is 0.256 e. The molecule has 0 atom stereocenters. The summed E-state index contributed by atoms with van der Waals surface area (Å²) >= 11 is 0. The lowest BCUT2D eigenvalue weighted by Crippen LogP contribution is -1.86. The average Bonchev–Trinajstić information content (AvgIpc) is 2.97. The van der Waals surface area contributed by atoms with Crippen LogP contribution in [0.5, 0.6) is 0 Å². The van der Waals surface area contributed by atoms with Gasteiger partial charge in [0.1, 0.15) is 0 Å². The Morgan fingerprint density at radius 2 is 0.737 bits per heavy atom. The molecule has 0 spiro atoms. The minimum absolute atomic E-state index is 0.968. The summed E-state index contributed by atoms with van der Waals surface area (Å²) in [7, 11) is 0. The maximum Gasteiger partial charge on any atom is 0.0708 e. The van der Waals surface area contributed by atoms with Gasteiger partial charge in [-0.25, -0.2) is 0 Å². The van der Waals surface area contributed by atoms with Crippen molar-refractivity contribution in [2.45, 2.75) is 0 Å². The Labute approximate surface area is 221 Å². The molecule has 38 heavy (non-hydrogen) atoms. The summed E-state index contributed by atoms with van der Waals surface area (Å²) in [6.45, 7) is 0. The number of fused-ring (bicyclic) bond motifs is 4. The van der Waals surface area contributed by atoms with Gasteiger partial charge in [-0.05, 0) is 85.9 Å². The summed E-state index contributed by atoms with van der Waals surface area (Å²) in [5, 5.41) is 9.64. The Balaban J connectivity index is 1.20. The van der Waals surface area contributed by atoms with E-state index in [1.165, 1.54) is 32.3 Å². The minimum Gasteiger partial charge on any atom is -0.256 e. The molecule has 2 nitrogen and oxygen atoms in total. The summed E-state index contributed by atoms with van der Waals surface area (Å²) in [4.78, 5) is 9.74. The molecule has 0 aliphatic rings. The lowest BCUT2D eigenvalue weighted by atomic mass is 10.0. The van der Waals surface area contributed by atoms with E-state index in [0.717, 1.165) is 33.3 Å². The number of aliphatic imine (C=N–C) groups is 2. The van der Waals surface area contributed by atoms with Crippen molar-refractivity contribution in [3.8, 4) is 0 Å². The van der Waals surface area contributed by atoms with Crippen molar-refractivity contribution >= 4 is 66.9 Å². The fraction of sp³-hybridized carbons (Fsp3) is 0. The number of benzene rings is 7. The highest BCUT2D eigenvalue weighted by Crippen LogP contribution is 2.31. The third kappa shape index (κ3) is 4.23. The normalized spacial score (nSPS) is 12.0. The second-order valence-corrected chi connectivity index (χ2v) is 9.58. The molecule has 0 aliphatic heterocycles. The molecule has 0 amide bonds. The van der Waals surface area contributed by atoms with Crippen molar-refractivity contribution in [1.29, 1.82) is 0 Å². The van der Waals surface area contributed by atoms with Gasteiger partial charge in [0.2, 0.25) is 0 Å². The van der Waals surface area contributed by atoms with E-state index in [4.69, 9.17) is 9.98 Å². The van der Waals surface area contributed by atoms with Crippen LogP contribution in [0.4, 0.5) is 11.4 Å². The van der Waals surface area contributed by atoms with Crippen molar-refractivity contribution in [1.82, 2.24) is 0 Å². The number of nitrogens with zero attached hydrogens (tertiary/aromatic N) is 2. The van der Waals surface area contributed by atoms with Gasteiger partial charge < -0.3 is 0 Å². The standard InChI is InChI=1S/C36H24N2/c1-3-12-29-21-33-31(19-27(29)10-1)14-6-16-35(33)37-23-25-8-5-9-26(18-25)24-38-36-17-7-15-32-20-28-11-2-4-13-30(28)22-34(32)36/h1-24H. The van der Waals surface area contributed by atoms with Crippen molar-refractivity contribution in [3.63, 3.8) is 0 Å². The van der Waals surface area contributed by atoms with Crippen LogP contribution in [-0.4, -0.2) is 12.4 Å². The molecule has 0 aliphatic carbocycles. The smallest absolute Gasteiger partial charge is 0.0708 e. The lowest BCUT2D eigenvalue weighted by Gasteiger charge is -2.06. The van der Waals surface area contributed by atoms with Crippen LogP contribution in [0, 0.1) is 0 Å². The molecule has 0 heterocycles. The molecule has 2 heteroatoms. The van der Waals surface area contributed by atoms with Gasteiger partial charge >= 0.3 is 0 Å². The van der Waals surface area contributed by atoms with Crippen LogP contribution in [0.1, 0.15) is 11.1 Å². The van der Waals surface area contributed by atoms with E-state index in [9.17, 15) is 0 Å².